The van der Waals surface area contributed by atoms with Gasteiger partial charge in [0.25, 0.3) is 0 Å². The van der Waals surface area contributed by atoms with Crippen LogP contribution < -0.4 is 10.6 Å². The zero-order chi connectivity index (χ0) is 20.6. The molecule has 1 fully saturated rings. The molecule has 1 aliphatic heterocycles. The molecule has 1 aliphatic rings. The summed E-state index contributed by atoms with van der Waals surface area (Å²) in [5, 5.41) is 9.77. The Morgan fingerprint density at radius 3 is 2.59 bits per heavy atom. The van der Waals surface area contributed by atoms with Gasteiger partial charge < -0.3 is 20.1 Å². The molecule has 0 spiro atoms. The fourth-order valence-electron chi connectivity index (χ4n) is 2.84. The van der Waals surface area contributed by atoms with Crippen molar-refractivity contribution in [1.82, 2.24) is 25.0 Å². The van der Waals surface area contributed by atoms with E-state index in [1.165, 1.54) is 10.6 Å². The maximum absolute atomic E-state index is 12.5. The molecule has 2 heterocycles. The third kappa shape index (κ3) is 8.09. The van der Waals surface area contributed by atoms with Gasteiger partial charge in [-0.25, -0.2) is 8.42 Å². The van der Waals surface area contributed by atoms with Crippen molar-refractivity contribution in [3.05, 3.63) is 18.0 Å². The summed E-state index contributed by atoms with van der Waals surface area (Å²) in [7, 11) is -1.76. The second-order valence-corrected chi connectivity index (χ2v) is 8.70. The van der Waals surface area contributed by atoms with Gasteiger partial charge in [-0.15, -0.1) is 24.0 Å². The van der Waals surface area contributed by atoms with Crippen LogP contribution in [-0.2, 0) is 20.6 Å². The molecule has 0 aliphatic carbocycles. The number of sulfonamides is 1. The number of nitrogens with one attached hydrogen (secondary N) is 2. The van der Waals surface area contributed by atoms with E-state index in [-0.39, 0.29) is 41.7 Å². The predicted octanol–water partition coefficient (Wildman–Crippen LogP) is 0.620. The van der Waals surface area contributed by atoms with Gasteiger partial charge in [0.1, 0.15) is 12.0 Å². The van der Waals surface area contributed by atoms with Crippen LogP contribution in [-0.4, -0.2) is 80.5 Å². The first kappa shape index (κ1) is 25.6. The summed E-state index contributed by atoms with van der Waals surface area (Å²) in [5.74, 6) is 0.507. The number of guanidine groups is 1. The van der Waals surface area contributed by atoms with Crippen molar-refractivity contribution in [2.75, 3.05) is 39.8 Å². The van der Waals surface area contributed by atoms with E-state index in [2.05, 4.69) is 20.8 Å². The van der Waals surface area contributed by atoms with Crippen LogP contribution in [0.1, 0.15) is 32.4 Å². The number of amides is 1. The molecule has 2 N–H and O–H groups in total. The highest BCUT2D eigenvalue weighted by molar-refractivity contribution is 14.0. The molecular weight excluding hydrogens is 511 g/mol. The van der Waals surface area contributed by atoms with Gasteiger partial charge >= 0.3 is 0 Å². The third-order valence-electron chi connectivity index (χ3n) is 4.62. The molecule has 1 atom stereocenters. The zero-order valence-corrected chi connectivity index (χ0v) is 20.3. The first-order valence-electron chi connectivity index (χ1n) is 9.47. The summed E-state index contributed by atoms with van der Waals surface area (Å²) in [4.78, 5) is 18.1. The van der Waals surface area contributed by atoms with Crippen LogP contribution in [0.2, 0.25) is 0 Å². The molecule has 1 amide bonds. The van der Waals surface area contributed by atoms with Crippen LogP contribution in [0.5, 0.6) is 0 Å². The van der Waals surface area contributed by atoms with E-state index in [0.717, 1.165) is 6.42 Å². The highest BCUT2D eigenvalue weighted by Gasteiger charge is 2.28. The Hall–Kier alpha value is -1.41. The topological polar surface area (TPSA) is 120 Å². The van der Waals surface area contributed by atoms with Crippen LogP contribution in [0.25, 0.3) is 0 Å². The summed E-state index contributed by atoms with van der Waals surface area (Å²) < 4.78 is 31.2. The van der Waals surface area contributed by atoms with Gasteiger partial charge in [0.2, 0.25) is 15.9 Å². The SMILES string of the molecule is CCC(C)NC(=O)CCNC(=NC)N1CCN(S(=O)(=O)Cc2ccon2)CC1.I. The standard InChI is InChI=1S/C17H30N6O4S.HI/c1-4-14(2)20-16(24)5-7-19-17(18-3)22-8-10-23(11-9-22)28(25,26)13-15-6-12-27-21-15;/h6,12,14H,4-5,7-11,13H2,1-3H3,(H,18,19)(H,20,24);1H. The minimum Gasteiger partial charge on any atom is -0.364 e. The van der Waals surface area contributed by atoms with Crippen molar-refractivity contribution < 1.29 is 17.7 Å². The Labute approximate surface area is 189 Å². The molecule has 0 radical (unpaired) electrons. The number of carbonyl (C=O) groups is 1. The highest BCUT2D eigenvalue weighted by atomic mass is 127. The van der Waals surface area contributed by atoms with Crippen molar-refractivity contribution in [1.29, 1.82) is 0 Å². The van der Waals surface area contributed by atoms with Crippen molar-refractivity contribution >= 4 is 45.9 Å². The number of aromatic nitrogens is 1. The van der Waals surface area contributed by atoms with E-state index in [1.807, 2.05) is 18.7 Å². The Kier molecular flexibility index (Phi) is 10.9. The molecule has 12 heteroatoms. The summed E-state index contributed by atoms with van der Waals surface area (Å²) in [6.45, 7) is 6.26. The first-order valence-corrected chi connectivity index (χ1v) is 11.1. The lowest BCUT2D eigenvalue weighted by Gasteiger charge is -2.35. The molecule has 1 aromatic heterocycles. The van der Waals surface area contributed by atoms with Crippen LogP contribution in [0.4, 0.5) is 0 Å². The first-order chi connectivity index (χ1) is 13.4. The zero-order valence-electron chi connectivity index (χ0n) is 17.1. The minimum absolute atomic E-state index is 0. The lowest BCUT2D eigenvalue weighted by Crippen LogP contribution is -2.54. The molecule has 29 heavy (non-hydrogen) atoms. The maximum Gasteiger partial charge on any atom is 0.221 e. The van der Waals surface area contributed by atoms with Crippen LogP contribution in [0.3, 0.4) is 0 Å². The van der Waals surface area contributed by atoms with Crippen LogP contribution in [0, 0.1) is 0 Å². The van der Waals surface area contributed by atoms with Crippen molar-refractivity contribution in [2.45, 2.75) is 38.5 Å². The molecular formula is C17H31IN6O4S. The van der Waals surface area contributed by atoms with Crippen molar-refractivity contribution in [3.63, 3.8) is 0 Å². The fourth-order valence-corrected chi connectivity index (χ4v) is 4.26. The summed E-state index contributed by atoms with van der Waals surface area (Å²) >= 11 is 0. The summed E-state index contributed by atoms with van der Waals surface area (Å²) in [6, 6.07) is 1.72. The lowest BCUT2D eigenvalue weighted by molar-refractivity contribution is -0.121. The van der Waals surface area contributed by atoms with E-state index < -0.39 is 10.0 Å². The fraction of sp³-hybridized carbons (Fsp3) is 0.706. The van der Waals surface area contributed by atoms with Gasteiger partial charge in [-0.1, -0.05) is 12.1 Å². The maximum atomic E-state index is 12.5. The minimum atomic E-state index is -3.43. The van der Waals surface area contributed by atoms with E-state index in [1.54, 1.807) is 13.1 Å². The van der Waals surface area contributed by atoms with Gasteiger partial charge in [-0.05, 0) is 13.3 Å². The van der Waals surface area contributed by atoms with E-state index in [4.69, 9.17) is 4.52 Å². The van der Waals surface area contributed by atoms with Crippen molar-refractivity contribution in [3.8, 4) is 0 Å². The predicted molar refractivity (Wildman–Crippen MR) is 122 cm³/mol. The Bertz CT molecular complexity index is 748. The second-order valence-electron chi connectivity index (χ2n) is 6.73. The summed E-state index contributed by atoms with van der Waals surface area (Å²) in [5.41, 5.74) is 0.399. The van der Waals surface area contributed by atoms with E-state index in [9.17, 15) is 13.2 Å². The molecule has 0 aromatic carbocycles. The quantitative estimate of drug-likeness (QED) is 0.281. The molecule has 1 saturated heterocycles. The van der Waals surface area contributed by atoms with Crippen LogP contribution >= 0.6 is 24.0 Å². The number of carbonyl (C=O) groups excluding carboxylic acids is 1. The average Bonchev–Trinajstić information content (AvgIpc) is 3.17. The number of piperazine rings is 1. The second kappa shape index (κ2) is 12.3. The molecule has 0 bridgehead atoms. The lowest BCUT2D eigenvalue weighted by atomic mass is 10.2. The monoisotopic (exact) mass is 542 g/mol. The average molecular weight is 542 g/mol. The molecule has 166 valence electrons. The smallest absolute Gasteiger partial charge is 0.221 e. The Morgan fingerprint density at radius 2 is 2.03 bits per heavy atom. The van der Waals surface area contributed by atoms with Gasteiger partial charge in [0.05, 0.1) is 5.69 Å². The number of hydrogen-bond acceptors (Lipinski definition) is 6. The van der Waals surface area contributed by atoms with Gasteiger partial charge in [-0.3, -0.25) is 9.79 Å². The number of halogens is 1. The molecule has 0 saturated carbocycles. The Morgan fingerprint density at radius 1 is 1.34 bits per heavy atom. The van der Waals surface area contributed by atoms with Gasteiger partial charge in [0.15, 0.2) is 5.96 Å². The van der Waals surface area contributed by atoms with Gasteiger partial charge in [-0.2, -0.15) is 4.31 Å². The molecule has 2 rings (SSSR count). The normalized spacial score (nSPS) is 16.8. The number of hydrogen-bond donors (Lipinski definition) is 2. The van der Waals surface area contributed by atoms with E-state index >= 15 is 0 Å². The van der Waals surface area contributed by atoms with Gasteiger partial charge in [0, 0.05) is 58.3 Å². The van der Waals surface area contributed by atoms with Crippen LogP contribution in [0.15, 0.2) is 21.8 Å². The Balaban J connectivity index is 0.00000420. The number of aliphatic imine (C=N–C) groups is 1. The highest BCUT2D eigenvalue weighted by Crippen LogP contribution is 2.12. The van der Waals surface area contributed by atoms with Crippen molar-refractivity contribution in [2.24, 2.45) is 4.99 Å². The summed E-state index contributed by atoms with van der Waals surface area (Å²) in [6.07, 6.45) is 2.61. The number of rotatable bonds is 8. The largest absolute Gasteiger partial charge is 0.364 e. The molecule has 1 aromatic rings. The molecule has 1 unspecified atom stereocenters. The third-order valence-corrected chi connectivity index (χ3v) is 6.43. The van der Waals surface area contributed by atoms with E-state index in [0.29, 0.717) is 50.8 Å². The molecule has 10 nitrogen and oxygen atoms in total. The number of nitrogens with zero attached hydrogens (tertiary/aromatic N) is 4.